The van der Waals surface area contributed by atoms with Gasteiger partial charge in [-0.3, -0.25) is 4.79 Å². The van der Waals surface area contributed by atoms with Gasteiger partial charge in [-0.05, 0) is 31.5 Å². The maximum Gasteiger partial charge on any atom is 0.243 e. The number of para-hydroxylation sites is 1. The van der Waals surface area contributed by atoms with Gasteiger partial charge in [0, 0.05) is 10.9 Å². The molecule has 1 aromatic heterocycles. The highest BCUT2D eigenvalue weighted by Gasteiger charge is 2.22. The van der Waals surface area contributed by atoms with Crippen LogP contribution in [0.5, 0.6) is 5.75 Å². The summed E-state index contributed by atoms with van der Waals surface area (Å²) < 4.78 is 5.34. The number of rotatable bonds is 4. The lowest BCUT2D eigenvalue weighted by Gasteiger charge is -2.08. The molecule has 22 heavy (non-hydrogen) atoms. The van der Waals surface area contributed by atoms with Gasteiger partial charge >= 0.3 is 0 Å². The van der Waals surface area contributed by atoms with Crippen molar-refractivity contribution in [1.82, 2.24) is 10.3 Å². The van der Waals surface area contributed by atoms with Gasteiger partial charge in [0.15, 0.2) is 5.13 Å². The van der Waals surface area contributed by atoms with E-state index in [9.17, 15) is 4.79 Å². The Balaban J connectivity index is 0.00000176. The van der Waals surface area contributed by atoms with E-state index in [4.69, 9.17) is 4.74 Å². The number of hydrogen-bond acceptors (Lipinski definition) is 5. The highest BCUT2D eigenvalue weighted by atomic mass is 35.5. The van der Waals surface area contributed by atoms with Crippen LogP contribution in [0.3, 0.4) is 0 Å². The molecule has 0 aliphatic carbocycles. The number of methoxy groups -OCH3 is 1. The first-order valence-corrected chi connectivity index (χ1v) is 7.79. The van der Waals surface area contributed by atoms with Gasteiger partial charge in [0.25, 0.3) is 0 Å². The Morgan fingerprint density at radius 2 is 2.27 bits per heavy atom. The molecule has 2 N–H and O–H groups in total. The molecular weight excluding hydrogens is 322 g/mol. The third kappa shape index (κ3) is 3.58. The summed E-state index contributed by atoms with van der Waals surface area (Å²) in [5, 5.41) is 8.60. The summed E-state index contributed by atoms with van der Waals surface area (Å²) in [6.45, 7) is 0.905. The average molecular weight is 340 g/mol. The zero-order valence-corrected chi connectivity index (χ0v) is 13.8. The second-order valence-corrected chi connectivity index (χ2v) is 5.73. The van der Waals surface area contributed by atoms with Crippen molar-refractivity contribution in [2.45, 2.75) is 18.9 Å². The number of amides is 1. The fourth-order valence-corrected chi connectivity index (χ4v) is 3.13. The van der Waals surface area contributed by atoms with E-state index in [1.807, 2.05) is 29.6 Å². The van der Waals surface area contributed by atoms with Crippen LogP contribution in [-0.4, -0.2) is 30.6 Å². The van der Waals surface area contributed by atoms with Gasteiger partial charge in [-0.25, -0.2) is 4.98 Å². The molecule has 5 nitrogen and oxygen atoms in total. The second-order valence-electron chi connectivity index (χ2n) is 4.88. The van der Waals surface area contributed by atoms with E-state index >= 15 is 0 Å². The van der Waals surface area contributed by atoms with Crippen LogP contribution in [-0.2, 0) is 4.79 Å². The van der Waals surface area contributed by atoms with Crippen LogP contribution in [0.25, 0.3) is 11.3 Å². The summed E-state index contributed by atoms with van der Waals surface area (Å²) in [6.07, 6.45) is 1.93. The summed E-state index contributed by atoms with van der Waals surface area (Å²) in [6, 6.07) is 7.62. The van der Waals surface area contributed by atoms with Gasteiger partial charge in [0.05, 0.1) is 18.8 Å². The predicted molar refractivity (Wildman–Crippen MR) is 91.0 cm³/mol. The summed E-state index contributed by atoms with van der Waals surface area (Å²) in [5.74, 6) is 0.770. The molecular formula is C15H18ClN3O2S. The number of anilines is 1. The van der Waals surface area contributed by atoms with E-state index in [0.717, 1.165) is 36.4 Å². The van der Waals surface area contributed by atoms with Crippen molar-refractivity contribution >= 4 is 34.8 Å². The number of carbonyl (C=O) groups excluding carboxylic acids is 1. The molecule has 118 valence electrons. The van der Waals surface area contributed by atoms with E-state index in [1.54, 1.807) is 7.11 Å². The maximum absolute atomic E-state index is 12.1. The number of benzene rings is 1. The minimum absolute atomic E-state index is 0. The molecule has 1 atom stereocenters. The quantitative estimate of drug-likeness (QED) is 0.899. The Bertz CT molecular complexity index is 641. The number of carbonyl (C=O) groups is 1. The van der Waals surface area contributed by atoms with Gasteiger partial charge in [-0.15, -0.1) is 23.7 Å². The van der Waals surface area contributed by atoms with Crippen molar-refractivity contribution in [2.24, 2.45) is 0 Å². The number of nitrogens with zero attached hydrogens (tertiary/aromatic N) is 1. The van der Waals surface area contributed by atoms with E-state index in [1.165, 1.54) is 11.3 Å². The molecule has 1 aliphatic rings. The molecule has 2 heterocycles. The smallest absolute Gasteiger partial charge is 0.243 e. The zero-order valence-electron chi connectivity index (χ0n) is 12.2. The van der Waals surface area contributed by atoms with Crippen molar-refractivity contribution in [3.8, 4) is 17.0 Å². The number of thiazole rings is 1. The molecule has 0 spiro atoms. The molecule has 1 saturated heterocycles. The first kappa shape index (κ1) is 16.7. The van der Waals surface area contributed by atoms with Crippen LogP contribution < -0.4 is 15.4 Å². The van der Waals surface area contributed by atoms with Crippen molar-refractivity contribution in [3.63, 3.8) is 0 Å². The summed E-state index contributed by atoms with van der Waals surface area (Å²) in [4.78, 5) is 16.5. The molecule has 0 bridgehead atoms. The van der Waals surface area contributed by atoms with Gasteiger partial charge in [-0.2, -0.15) is 0 Å². The third-order valence-electron chi connectivity index (χ3n) is 3.49. The van der Waals surface area contributed by atoms with Gasteiger partial charge in [-0.1, -0.05) is 12.1 Å². The molecule has 3 rings (SSSR count). The topological polar surface area (TPSA) is 63.2 Å². The SMILES string of the molecule is COc1ccccc1-c1csc(NC(=O)C2CCCN2)n1.Cl. The van der Waals surface area contributed by atoms with Gasteiger partial charge in [0.1, 0.15) is 5.75 Å². The van der Waals surface area contributed by atoms with Crippen molar-refractivity contribution in [2.75, 3.05) is 19.0 Å². The van der Waals surface area contributed by atoms with E-state index in [2.05, 4.69) is 15.6 Å². The summed E-state index contributed by atoms with van der Waals surface area (Å²) >= 11 is 1.42. The van der Waals surface area contributed by atoms with Crippen molar-refractivity contribution in [1.29, 1.82) is 0 Å². The third-order valence-corrected chi connectivity index (χ3v) is 4.25. The fourth-order valence-electron chi connectivity index (χ4n) is 2.41. The van der Waals surface area contributed by atoms with Crippen molar-refractivity contribution in [3.05, 3.63) is 29.6 Å². The molecule has 1 amide bonds. The average Bonchev–Trinajstić information content (AvgIpc) is 3.18. The van der Waals surface area contributed by atoms with Crippen LogP contribution in [0, 0.1) is 0 Å². The fraction of sp³-hybridized carbons (Fsp3) is 0.333. The largest absolute Gasteiger partial charge is 0.496 e. The number of nitrogens with one attached hydrogen (secondary N) is 2. The van der Waals surface area contributed by atoms with Crippen LogP contribution in [0.15, 0.2) is 29.6 Å². The molecule has 2 aromatic rings. The van der Waals surface area contributed by atoms with Gasteiger partial charge in [0.2, 0.25) is 5.91 Å². The normalized spacial score (nSPS) is 16.9. The Kier molecular flexibility index (Phi) is 5.76. The monoisotopic (exact) mass is 339 g/mol. The molecule has 0 radical (unpaired) electrons. The predicted octanol–water partition coefficient (Wildman–Crippen LogP) is 2.93. The van der Waals surface area contributed by atoms with Crippen LogP contribution >= 0.6 is 23.7 Å². The van der Waals surface area contributed by atoms with Gasteiger partial charge < -0.3 is 15.4 Å². The zero-order chi connectivity index (χ0) is 14.7. The maximum atomic E-state index is 12.1. The summed E-state index contributed by atoms with van der Waals surface area (Å²) in [7, 11) is 1.64. The van der Waals surface area contributed by atoms with Crippen LogP contribution in [0.2, 0.25) is 0 Å². The molecule has 1 aromatic carbocycles. The van der Waals surface area contributed by atoms with E-state index in [-0.39, 0.29) is 24.4 Å². The number of hydrogen-bond donors (Lipinski definition) is 2. The van der Waals surface area contributed by atoms with Crippen molar-refractivity contribution < 1.29 is 9.53 Å². The molecule has 1 fully saturated rings. The number of halogens is 1. The lowest BCUT2D eigenvalue weighted by molar-refractivity contribution is -0.117. The minimum atomic E-state index is -0.0939. The highest BCUT2D eigenvalue weighted by molar-refractivity contribution is 7.14. The molecule has 1 unspecified atom stereocenters. The second kappa shape index (κ2) is 7.58. The Morgan fingerprint density at radius 1 is 1.45 bits per heavy atom. The molecule has 0 saturated carbocycles. The minimum Gasteiger partial charge on any atom is -0.496 e. The Labute approximate surface area is 139 Å². The van der Waals surface area contributed by atoms with Crippen LogP contribution in [0.4, 0.5) is 5.13 Å². The Hall–Kier alpha value is -1.63. The molecule has 7 heteroatoms. The van der Waals surface area contributed by atoms with E-state index < -0.39 is 0 Å². The van der Waals surface area contributed by atoms with Crippen LogP contribution in [0.1, 0.15) is 12.8 Å². The highest BCUT2D eigenvalue weighted by Crippen LogP contribution is 2.31. The number of ether oxygens (including phenoxy) is 1. The lowest BCUT2D eigenvalue weighted by Crippen LogP contribution is -2.35. The number of aromatic nitrogens is 1. The standard InChI is InChI=1S/C15H17N3O2S.ClH/c1-20-13-7-3-2-5-10(13)12-9-21-15(17-12)18-14(19)11-6-4-8-16-11;/h2-3,5,7,9,11,16H,4,6,8H2,1H3,(H,17,18,19);1H. The Morgan fingerprint density at radius 3 is 3.00 bits per heavy atom. The first-order valence-electron chi connectivity index (χ1n) is 6.91. The lowest BCUT2D eigenvalue weighted by atomic mass is 10.1. The molecule has 1 aliphatic heterocycles. The summed E-state index contributed by atoms with van der Waals surface area (Å²) in [5.41, 5.74) is 1.74. The van der Waals surface area contributed by atoms with E-state index in [0.29, 0.717) is 5.13 Å². The first-order chi connectivity index (χ1) is 10.3.